The summed E-state index contributed by atoms with van der Waals surface area (Å²) in [5, 5.41) is 0.264. The highest BCUT2D eigenvalue weighted by atomic mass is 16.2. The van der Waals surface area contributed by atoms with E-state index in [0.29, 0.717) is 30.8 Å². The SMILES string of the molecule is CCCn1c(=O)[nH]c(=O)c2cc(C(=O)N3CCN(CCc4ccccc4)CC3)cnc21. The number of hydrogen-bond donors (Lipinski definition) is 1. The molecule has 0 spiro atoms. The molecule has 0 unspecified atom stereocenters. The Labute approximate surface area is 180 Å². The number of aromatic amines is 1. The zero-order chi connectivity index (χ0) is 21.8. The van der Waals surface area contributed by atoms with Crippen LogP contribution in [0.25, 0.3) is 11.0 Å². The molecule has 0 saturated carbocycles. The third-order valence-electron chi connectivity index (χ3n) is 5.75. The second kappa shape index (κ2) is 9.26. The van der Waals surface area contributed by atoms with Crippen LogP contribution in [0.3, 0.4) is 0 Å². The predicted molar refractivity (Wildman–Crippen MR) is 119 cm³/mol. The third-order valence-corrected chi connectivity index (χ3v) is 5.75. The predicted octanol–water partition coefficient (Wildman–Crippen LogP) is 1.50. The minimum Gasteiger partial charge on any atom is -0.336 e. The fraction of sp³-hybridized carbons (Fsp3) is 0.391. The number of carbonyl (C=O) groups is 1. The number of carbonyl (C=O) groups excluding carboxylic acids is 1. The number of piperazine rings is 1. The van der Waals surface area contributed by atoms with Crippen LogP contribution in [-0.4, -0.2) is 63.0 Å². The first-order chi connectivity index (χ1) is 15.1. The van der Waals surface area contributed by atoms with Crippen LogP contribution in [0.5, 0.6) is 0 Å². The van der Waals surface area contributed by atoms with Crippen molar-refractivity contribution in [2.45, 2.75) is 26.3 Å². The first-order valence-corrected chi connectivity index (χ1v) is 10.7. The Bertz CT molecular complexity index is 1180. The van der Waals surface area contributed by atoms with Crippen LogP contribution < -0.4 is 11.2 Å². The zero-order valence-electron chi connectivity index (χ0n) is 17.7. The molecule has 8 heteroatoms. The molecular weight excluding hydrogens is 394 g/mol. The van der Waals surface area contributed by atoms with Gasteiger partial charge in [0.25, 0.3) is 11.5 Å². The van der Waals surface area contributed by atoms with E-state index in [0.717, 1.165) is 32.5 Å². The van der Waals surface area contributed by atoms with Crippen molar-refractivity contribution >= 4 is 16.9 Å². The summed E-state index contributed by atoms with van der Waals surface area (Å²) in [6, 6.07) is 11.9. The molecule has 1 fully saturated rings. The molecule has 3 heterocycles. The highest BCUT2D eigenvalue weighted by Gasteiger charge is 2.23. The summed E-state index contributed by atoms with van der Waals surface area (Å²) in [7, 11) is 0. The summed E-state index contributed by atoms with van der Waals surface area (Å²) in [6.07, 6.45) is 3.20. The van der Waals surface area contributed by atoms with Gasteiger partial charge in [0.15, 0.2) is 0 Å². The number of aryl methyl sites for hydroxylation is 1. The maximum atomic E-state index is 13.0. The Balaban J connectivity index is 1.44. The van der Waals surface area contributed by atoms with Crippen LogP contribution in [0.2, 0.25) is 0 Å². The van der Waals surface area contributed by atoms with Gasteiger partial charge in [-0.2, -0.15) is 0 Å². The Morgan fingerprint density at radius 3 is 2.52 bits per heavy atom. The Morgan fingerprint density at radius 2 is 1.81 bits per heavy atom. The lowest BCUT2D eigenvalue weighted by Gasteiger charge is -2.34. The van der Waals surface area contributed by atoms with Crippen molar-refractivity contribution in [3.63, 3.8) is 0 Å². The monoisotopic (exact) mass is 421 g/mol. The molecule has 0 bridgehead atoms. The first kappa shape index (κ1) is 21.0. The number of H-pyrrole nitrogens is 1. The summed E-state index contributed by atoms with van der Waals surface area (Å²) in [6.45, 7) is 6.27. The molecule has 0 radical (unpaired) electrons. The van der Waals surface area contributed by atoms with E-state index in [-0.39, 0.29) is 11.3 Å². The topological polar surface area (TPSA) is 91.3 Å². The van der Waals surface area contributed by atoms with Crippen molar-refractivity contribution in [2.24, 2.45) is 0 Å². The molecule has 1 amide bonds. The number of nitrogens with one attached hydrogen (secondary N) is 1. The van der Waals surface area contributed by atoms with E-state index in [2.05, 4.69) is 39.1 Å². The second-order valence-corrected chi connectivity index (χ2v) is 7.88. The molecule has 2 aromatic heterocycles. The van der Waals surface area contributed by atoms with E-state index in [1.165, 1.54) is 16.3 Å². The van der Waals surface area contributed by atoms with Gasteiger partial charge in [-0.15, -0.1) is 0 Å². The van der Waals surface area contributed by atoms with E-state index in [4.69, 9.17) is 0 Å². The van der Waals surface area contributed by atoms with Gasteiger partial charge in [0.2, 0.25) is 0 Å². The lowest BCUT2D eigenvalue weighted by Crippen LogP contribution is -2.49. The molecule has 1 aromatic carbocycles. The van der Waals surface area contributed by atoms with Gasteiger partial charge >= 0.3 is 5.69 Å². The molecule has 4 rings (SSSR count). The van der Waals surface area contributed by atoms with Crippen molar-refractivity contribution < 1.29 is 4.79 Å². The molecular formula is C23H27N5O3. The summed E-state index contributed by atoms with van der Waals surface area (Å²) < 4.78 is 1.44. The Kier molecular flexibility index (Phi) is 6.27. The normalized spacial score (nSPS) is 14.8. The van der Waals surface area contributed by atoms with E-state index in [9.17, 15) is 14.4 Å². The van der Waals surface area contributed by atoms with Crippen molar-refractivity contribution in [3.05, 3.63) is 74.6 Å². The van der Waals surface area contributed by atoms with Crippen LogP contribution >= 0.6 is 0 Å². The summed E-state index contributed by atoms with van der Waals surface area (Å²) >= 11 is 0. The van der Waals surface area contributed by atoms with Gasteiger partial charge in [0.05, 0.1) is 10.9 Å². The quantitative estimate of drug-likeness (QED) is 0.651. The van der Waals surface area contributed by atoms with E-state index < -0.39 is 11.2 Å². The molecule has 8 nitrogen and oxygen atoms in total. The number of pyridine rings is 1. The van der Waals surface area contributed by atoms with E-state index in [1.807, 2.05) is 13.0 Å². The number of benzene rings is 1. The molecule has 3 aromatic rings. The van der Waals surface area contributed by atoms with E-state index in [1.54, 1.807) is 11.0 Å². The smallest absolute Gasteiger partial charge is 0.329 e. The lowest BCUT2D eigenvalue weighted by atomic mass is 10.1. The van der Waals surface area contributed by atoms with Crippen LogP contribution in [0.4, 0.5) is 0 Å². The maximum Gasteiger partial charge on any atom is 0.329 e. The number of amides is 1. The lowest BCUT2D eigenvalue weighted by molar-refractivity contribution is 0.0638. The van der Waals surface area contributed by atoms with Crippen LogP contribution in [0, 0.1) is 0 Å². The highest BCUT2D eigenvalue weighted by molar-refractivity contribution is 5.96. The zero-order valence-corrected chi connectivity index (χ0v) is 17.7. The molecule has 0 atom stereocenters. The standard InChI is InChI=1S/C23H27N5O3/c1-2-9-28-20-19(21(29)25-23(28)31)15-18(16-24-20)22(30)27-13-11-26(12-14-27)10-8-17-6-4-3-5-7-17/h3-7,15-16H,2,8-14H2,1H3,(H,25,29,31). The highest BCUT2D eigenvalue weighted by Crippen LogP contribution is 2.13. The number of nitrogens with zero attached hydrogens (tertiary/aromatic N) is 4. The summed E-state index contributed by atoms with van der Waals surface area (Å²) in [5.74, 6) is -0.134. The second-order valence-electron chi connectivity index (χ2n) is 7.88. The van der Waals surface area contributed by atoms with Gasteiger partial charge < -0.3 is 4.90 Å². The molecule has 1 saturated heterocycles. The van der Waals surface area contributed by atoms with Crippen molar-refractivity contribution in [1.82, 2.24) is 24.3 Å². The largest absolute Gasteiger partial charge is 0.336 e. The summed E-state index contributed by atoms with van der Waals surface area (Å²) in [4.78, 5) is 48.2. The fourth-order valence-electron chi connectivity index (χ4n) is 4.00. The Morgan fingerprint density at radius 1 is 1.06 bits per heavy atom. The average molecular weight is 422 g/mol. The van der Waals surface area contributed by atoms with Crippen molar-refractivity contribution in [1.29, 1.82) is 0 Å². The molecule has 0 aliphatic carbocycles. The maximum absolute atomic E-state index is 13.0. The van der Waals surface area contributed by atoms with Gasteiger partial charge in [-0.25, -0.2) is 9.78 Å². The first-order valence-electron chi connectivity index (χ1n) is 10.7. The van der Waals surface area contributed by atoms with Crippen LogP contribution in [0.1, 0.15) is 29.3 Å². The van der Waals surface area contributed by atoms with Gasteiger partial charge in [-0.3, -0.25) is 24.0 Å². The van der Waals surface area contributed by atoms with Gasteiger partial charge in [0, 0.05) is 45.5 Å². The van der Waals surface area contributed by atoms with Gasteiger partial charge in [-0.05, 0) is 24.5 Å². The number of rotatable bonds is 6. The van der Waals surface area contributed by atoms with Crippen LogP contribution in [-0.2, 0) is 13.0 Å². The van der Waals surface area contributed by atoms with Crippen molar-refractivity contribution in [2.75, 3.05) is 32.7 Å². The average Bonchev–Trinajstić information content (AvgIpc) is 2.81. The molecule has 31 heavy (non-hydrogen) atoms. The third kappa shape index (κ3) is 4.59. The molecule has 1 aliphatic rings. The number of hydrogen-bond acceptors (Lipinski definition) is 5. The number of aromatic nitrogens is 3. The number of fused-ring (bicyclic) bond motifs is 1. The van der Waals surface area contributed by atoms with Gasteiger partial charge in [-0.1, -0.05) is 37.3 Å². The van der Waals surface area contributed by atoms with Crippen molar-refractivity contribution in [3.8, 4) is 0 Å². The van der Waals surface area contributed by atoms with Gasteiger partial charge in [0.1, 0.15) is 5.65 Å². The van der Waals surface area contributed by atoms with E-state index >= 15 is 0 Å². The minimum absolute atomic E-state index is 0.134. The molecule has 162 valence electrons. The minimum atomic E-state index is -0.514. The molecule has 1 aliphatic heterocycles. The summed E-state index contributed by atoms with van der Waals surface area (Å²) in [5.41, 5.74) is 1.02. The van der Waals surface area contributed by atoms with Crippen LogP contribution in [0.15, 0.2) is 52.2 Å². The fourth-order valence-corrected chi connectivity index (χ4v) is 4.00. The molecule has 1 N–H and O–H groups in total. The Hall–Kier alpha value is -3.26.